The molecule has 1 aliphatic heterocycles. The molecule has 0 bridgehead atoms. The number of aromatic nitrogens is 2. The Morgan fingerprint density at radius 1 is 1.38 bits per heavy atom. The highest BCUT2D eigenvalue weighted by molar-refractivity contribution is 7.15. The van der Waals surface area contributed by atoms with Crippen molar-refractivity contribution in [1.82, 2.24) is 15.1 Å². The molecule has 2 heterocycles. The van der Waals surface area contributed by atoms with E-state index >= 15 is 0 Å². The summed E-state index contributed by atoms with van der Waals surface area (Å²) in [6.07, 6.45) is 0.225. The SMILES string of the molecule is COCc1nnc(NC(=O)C2CC(=O)N(Cc3ccccc3)C2)s1. The number of carbonyl (C=O) groups is 2. The summed E-state index contributed by atoms with van der Waals surface area (Å²) < 4.78 is 4.97. The molecule has 1 aromatic heterocycles. The normalized spacial score (nSPS) is 17.3. The fourth-order valence-electron chi connectivity index (χ4n) is 2.60. The van der Waals surface area contributed by atoms with Crippen LogP contribution in [0.3, 0.4) is 0 Å². The minimum atomic E-state index is -0.365. The third-order valence-corrected chi connectivity index (χ3v) is 4.58. The lowest BCUT2D eigenvalue weighted by Gasteiger charge is -2.16. The lowest BCUT2D eigenvalue weighted by Crippen LogP contribution is -2.28. The van der Waals surface area contributed by atoms with Gasteiger partial charge in [-0.25, -0.2) is 0 Å². The lowest BCUT2D eigenvalue weighted by molar-refractivity contribution is -0.128. The second kappa shape index (κ2) is 7.50. The molecule has 8 heteroatoms. The highest BCUT2D eigenvalue weighted by Gasteiger charge is 2.34. The van der Waals surface area contributed by atoms with Crippen molar-refractivity contribution in [2.75, 3.05) is 19.0 Å². The number of hydrogen-bond donors (Lipinski definition) is 1. The van der Waals surface area contributed by atoms with Crippen LogP contribution in [0.4, 0.5) is 5.13 Å². The molecule has 1 saturated heterocycles. The minimum Gasteiger partial charge on any atom is -0.377 e. The van der Waals surface area contributed by atoms with Gasteiger partial charge in [0.25, 0.3) is 0 Å². The summed E-state index contributed by atoms with van der Waals surface area (Å²) >= 11 is 1.27. The van der Waals surface area contributed by atoms with Gasteiger partial charge in [0.2, 0.25) is 16.9 Å². The quantitative estimate of drug-likeness (QED) is 0.860. The molecule has 1 unspecified atom stereocenters. The summed E-state index contributed by atoms with van der Waals surface area (Å²) in [4.78, 5) is 26.2. The maximum atomic E-state index is 12.3. The van der Waals surface area contributed by atoms with Gasteiger partial charge >= 0.3 is 0 Å². The van der Waals surface area contributed by atoms with Crippen molar-refractivity contribution in [3.05, 3.63) is 40.9 Å². The van der Waals surface area contributed by atoms with Crippen LogP contribution in [0.25, 0.3) is 0 Å². The Morgan fingerprint density at radius 2 is 2.17 bits per heavy atom. The number of methoxy groups -OCH3 is 1. The molecule has 3 rings (SSSR count). The largest absolute Gasteiger partial charge is 0.377 e. The number of carbonyl (C=O) groups excluding carboxylic acids is 2. The topological polar surface area (TPSA) is 84.4 Å². The van der Waals surface area contributed by atoms with Gasteiger partial charge < -0.3 is 15.0 Å². The molecule has 2 amide bonds. The van der Waals surface area contributed by atoms with Gasteiger partial charge in [0.1, 0.15) is 11.6 Å². The van der Waals surface area contributed by atoms with Crippen LogP contribution in [0.1, 0.15) is 17.0 Å². The predicted molar refractivity (Wildman–Crippen MR) is 89.2 cm³/mol. The first kappa shape index (κ1) is 16.5. The number of nitrogens with one attached hydrogen (secondary N) is 1. The van der Waals surface area contributed by atoms with Gasteiger partial charge in [-0.1, -0.05) is 41.7 Å². The minimum absolute atomic E-state index is 0.00339. The van der Waals surface area contributed by atoms with Crippen LogP contribution in [-0.4, -0.2) is 40.6 Å². The zero-order chi connectivity index (χ0) is 16.9. The summed E-state index contributed by atoms with van der Waals surface area (Å²) in [5.41, 5.74) is 1.06. The Morgan fingerprint density at radius 3 is 2.92 bits per heavy atom. The van der Waals surface area contributed by atoms with Crippen LogP contribution in [0.2, 0.25) is 0 Å². The predicted octanol–water partition coefficient (Wildman–Crippen LogP) is 1.67. The Hall–Kier alpha value is -2.32. The summed E-state index contributed by atoms with van der Waals surface area (Å²) in [6.45, 7) is 1.31. The van der Waals surface area contributed by atoms with Crippen LogP contribution >= 0.6 is 11.3 Å². The standard InChI is InChI=1S/C16H18N4O3S/c1-23-10-13-18-19-16(24-13)17-15(22)12-7-14(21)20(9-12)8-11-5-3-2-4-6-11/h2-6,12H,7-10H2,1H3,(H,17,19,22). The van der Waals surface area contributed by atoms with E-state index in [4.69, 9.17) is 4.74 Å². The van der Waals surface area contributed by atoms with Crippen molar-refractivity contribution < 1.29 is 14.3 Å². The molecule has 24 heavy (non-hydrogen) atoms. The number of benzene rings is 1. The van der Waals surface area contributed by atoms with E-state index in [1.54, 1.807) is 12.0 Å². The van der Waals surface area contributed by atoms with Crippen molar-refractivity contribution in [2.45, 2.75) is 19.6 Å². The van der Waals surface area contributed by atoms with E-state index in [0.29, 0.717) is 29.8 Å². The first-order chi connectivity index (χ1) is 11.7. The van der Waals surface area contributed by atoms with E-state index in [1.807, 2.05) is 30.3 Å². The van der Waals surface area contributed by atoms with Crippen molar-refractivity contribution >= 4 is 28.3 Å². The average Bonchev–Trinajstić information content (AvgIpc) is 3.16. The van der Waals surface area contributed by atoms with Crippen LogP contribution < -0.4 is 5.32 Å². The maximum absolute atomic E-state index is 12.3. The third kappa shape index (κ3) is 3.95. The molecule has 1 fully saturated rings. The van der Waals surface area contributed by atoms with Gasteiger partial charge in [0.15, 0.2) is 0 Å². The first-order valence-corrected chi connectivity index (χ1v) is 8.41. The number of amides is 2. The molecule has 0 radical (unpaired) electrons. The van der Waals surface area contributed by atoms with Crippen LogP contribution in [0.5, 0.6) is 0 Å². The Balaban J connectivity index is 1.57. The number of ether oxygens (including phenoxy) is 1. The average molecular weight is 346 g/mol. The second-order valence-corrected chi connectivity index (χ2v) is 6.65. The highest BCUT2D eigenvalue weighted by atomic mass is 32.1. The van der Waals surface area contributed by atoms with Crippen molar-refractivity contribution in [3.8, 4) is 0 Å². The first-order valence-electron chi connectivity index (χ1n) is 7.59. The molecule has 1 aliphatic rings. The maximum Gasteiger partial charge on any atom is 0.231 e. The van der Waals surface area contributed by atoms with E-state index in [-0.39, 0.29) is 24.2 Å². The summed E-state index contributed by atoms with van der Waals surface area (Å²) in [5.74, 6) is -0.564. The molecule has 0 aliphatic carbocycles. The second-order valence-electron chi connectivity index (χ2n) is 5.58. The molecular weight excluding hydrogens is 328 g/mol. The van der Waals surface area contributed by atoms with E-state index < -0.39 is 0 Å². The van der Waals surface area contributed by atoms with Crippen molar-refractivity contribution in [3.63, 3.8) is 0 Å². The lowest BCUT2D eigenvalue weighted by atomic mass is 10.1. The molecule has 126 valence electrons. The van der Waals surface area contributed by atoms with E-state index in [0.717, 1.165) is 5.56 Å². The number of rotatable bonds is 6. The fourth-order valence-corrected chi connectivity index (χ4v) is 3.31. The molecule has 7 nitrogen and oxygen atoms in total. The zero-order valence-corrected chi connectivity index (χ0v) is 14.1. The third-order valence-electron chi connectivity index (χ3n) is 3.77. The van der Waals surface area contributed by atoms with Gasteiger partial charge in [-0.2, -0.15) is 0 Å². The Labute approximate surface area is 143 Å². The fraction of sp³-hybridized carbons (Fsp3) is 0.375. The number of hydrogen-bond acceptors (Lipinski definition) is 6. The zero-order valence-electron chi connectivity index (χ0n) is 13.3. The molecule has 1 N–H and O–H groups in total. The number of nitrogens with zero attached hydrogens (tertiary/aromatic N) is 3. The smallest absolute Gasteiger partial charge is 0.231 e. The Kier molecular flexibility index (Phi) is 5.17. The van der Waals surface area contributed by atoms with Gasteiger partial charge in [0, 0.05) is 26.6 Å². The molecule has 0 spiro atoms. The van der Waals surface area contributed by atoms with Crippen LogP contribution in [0, 0.1) is 5.92 Å². The van der Waals surface area contributed by atoms with Crippen molar-refractivity contribution in [2.24, 2.45) is 5.92 Å². The van der Waals surface area contributed by atoms with Gasteiger partial charge in [0.05, 0.1) is 5.92 Å². The molecule has 2 aromatic rings. The van der Waals surface area contributed by atoms with Gasteiger partial charge in [-0.15, -0.1) is 10.2 Å². The molecule has 0 saturated carbocycles. The highest BCUT2D eigenvalue weighted by Crippen LogP contribution is 2.23. The van der Waals surface area contributed by atoms with Gasteiger partial charge in [-0.05, 0) is 5.56 Å². The number of likely N-dealkylation sites (tertiary alicyclic amines) is 1. The van der Waals surface area contributed by atoms with Gasteiger partial charge in [-0.3, -0.25) is 9.59 Å². The molecule has 1 aromatic carbocycles. The molecular formula is C16H18N4O3S. The van der Waals surface area contributed by atoms with E-state index in [2.05, 4.69) is 15.5 Å². The van der Waals surface area contributed by atoms with E-state index in [9.17, 15) is 9.59 Å². The number of anilines is 1. The van der Waals surface area contributed by atoms with E-state index in [1.165, 1.54) is 11.3 Å². The monoisotopic (exact) mass is 346 g/mol. The molecule has 1 atom stereocenters. The Bertz CT molecular complexity index is 719. The van der Waals surface area contributed by atoms with Crippen LogP contribution in [-0.2, 0) is 27.5 Å². The van der Waals surface area contributed by atoms with Crippen LogP contribution in [0.15, 0.2) is 30.3 Å². The summed E-state index contributed by atoms with van der Waals surface area (Å²) in [7, 11) is 1.57. The summed E-state index contributed by atoms with van der Waals surface area (Å²) in [6, 6.07) is 9.75. The summed E-state index contributed by atoms with van der Waals surface area (Å²) in [5, 5.41) is 11.7. The van der Waals surface area contributed by atoms with Crippen molar-refractivity contribution in [1.29, 1.82) is 0 Å².